The number of rotatable bonds is 26. The van der Waals surface area contributed by atoms with E-state index in [-0.39, 0.29) is 54.2 Å². The molecule has 4 amide bonds. The van der Waals surface area contributed by atoms with E-state index in [0.29, 0.717) is 43.0 Å². The topological polar surface area (TPSA) is 129 Å². The maximum Gasteiger partial charge on any atom is 0.416 e. The van der Waals surface area contributed by atoms with Gasteiger partial charge in [0.05, 0.1) is 28.4 Å². The molecule has 4 saturated heterocycles. The molecule has 0 spiro atoms. The number of anilines is 2. The van der Waals surface area contributed by atoms with Gasteiger partial charge in [-0.25, -0.2) is 18.4 Å². The number of nitrogens with one attached hydrogen (secondary N) is 6. The Hall–Kier alpha value is -8.83. The fraction of sp³-hybridized carbons (Fsp3) is 0.505. The molecule has 2 saturated carbocycles. The van der Waals surface area contributed by atoms with Crippen LogP contribution in [0.25, 0.3) is 0 Å². The molecule has 8 aromatic rings. The Morgan fingerprint density at radius 2 is 0.882 bits per heavy atom. The van der Waals surface area contributed by atoms with Crippen LogP contribution in [0.3, 0.4) is 0 Å². The smallest absolute Gasteiger partial charge is 0.336 e. The van der Waals surface area contributed by atoms with Crippen LogP contribution in [0.4, 0.5) is 69.3 Å². The number of piperazine rings is 3. The standard InChI is InChI=1S/C31H44F3N3.C26H33F2N3O.C22H27F3N4O.C22H28F3N3.5H2/c1-30(2,3)26-15-11-25(12-16-26)29(37-21-19-36(20-22-37)28-7-5-4-6-8-28)23-35-18-17-24-9-13-27(14-10-24)31(32,33)34;27-22-13-11-19(12-14-22)16-20-6-5-15-31(17-20)18-21-7-1-3-9-24(21)29-26(32)30-25-10-4-2-8-23(25)28;1-16-3-9-19(10-4-16)27-21(30)26-15-20(29-13-11-28(2)12-14-29)17-5-7-18(8-6-17)22(23,24)25;1-27-13-15-28(16-14-27)21(19-5-3-2-4-6-19)17-26-12-11-18-7-9-20(10-8-18)22(23,24)25;;;;;/h9-16,28-29,35H,4-8,17-23H2,1-3H3;2,4,8,10-14,20-21,24H,1,3,5-7,9,15-18H2,(H2,29,30,32);3-10,20H,11-15H2,1-2H3,(H2,26,27,30);2-10,21,26H,11-17H2,1H3;5*1H/t;20-,21-,24+;;;;;;;/m.0......./s1. The van der Waals surface area contributed by atoms with Crippen LogP contribution in [0.1, 0.15) is 178 Å². The van der Waals surface area contributed by atoms with Gasteiger partial charge in [-0.2, -0.15) is 39.5 Å². The molecule has 0 aromatic heterocycles. The van der Waals surface area contributed by atoms with E-state index in [1.807, 2.05) is 56.4 Å². The highest BCUT2D eigenvalue weighted by Crippen LogP contribution is 2.36. The second-order valence-corrected chi connectivity index (χ2v) is 36.3. The number of hydrogen-bond donors (Lipinski definition) is 6. The van der Waals surface area contributed by atoms with Crippen LogP contribution in [0, 0.1) is 30.4 Å². The molecule has 26 heteroatoms. The van der Waals surface area contributed by atoms with E-state index in [0.717, 1.165) is 203 Å². The number of benzene rings is 8. The monoisotopic (exact) mass is 1780 g/mol. The fourth-order valence-corrected chi connectivity index (χ4v) is 18.2. The van der Waals surface area contributed by atoms with Crippen LogP contribution in [0.15, 0.2) is 200 Å². The van der Waals surface area contributed by atoms with Gasteiger partial charge in [-0.05, 0) is 227 Å². The van der Waals surface area contributed by atoms with Crippen LogP contribution in [0.2, 0.25) is 0 Å². The van der Waals surface area contributed by atoms with Gasteiger partial charge in [-0.15, -0.1) is 0 Å². The van der Waals surface area contributed by atoms with Gasteiger partial charge in [0.15, 0.2) is 0 Å². The number of alkyl halides is 9. The summed E-state index contributed by atoms with van der Waals surface area (Å²) in [5.41, 5.74) is 8.01. The van der Waals surface area contributed by atoms with E-state index < -0.39 is 41.0 Å². The maximum atomic E-state index is 13.9. The van der Waals surface area contributed by atoms with E-state index in [4.69, 9.17) is 0 Å². The van der Waals surface area contributed by atoms with Crippen molar-refractivity contribution in [2.24, 2.45) is 11.8 Å². The van der Waals surface area contributed by atoms with Crippen LogP contribution in [0.5, 0.6) is 0 Å². The summed E-state index contributed by atoms with van der Waals surface area (Å²) in [5.74, 6) is 0.366. The second-order valence-electron chi connectivity index (χ2n) is 36.3. The number of carbonyl (C=O) groups excluding carboxylic acids is 2. The van der Waals surface area contributed by atoms with Crippen molar-refractivity contribution in [3.05, 3.63) is 273 Å². The molecule has 3 unspecified atom stereocenters. The van der Waals surface area contributed by atoms with Crippen molar-refractivity contribution in [2.45, 2.75) is 172 Å². The summed E-state index contributed by atoms with van der Waals surface area (Å²) in [5, 5.41) is 18.6. The first-order chi connectivity index (χ1) is 60.8. The summed E-state index contributed by atoms with van der Waals surface area (Å²) in [7, 11) is 4.19. The molecule has 4 heterocycles. The molecule has 0 bridgehead atoms. The molecule has 0 radical (unpaired) electrons. The summed E-state index contributed by atoms with van der Waals surface area (Å²) in [6.45, 7) is 27.2. The average molecular weight is 1780 g/mol. The molecule has 14 rings (SSSR count). The molecule has 6 N–H and O–H groups in total. The highest BCUT2D eigenvalue weighted by molar-refractivity contribution is 5.90. The summed E-state index contributed by atoms with van der Waals surface area (Å²) in [6, 6.07) is 57.0. The third-order valence-corrected chi connectivity index (χ3v) is 25.9. The molecule has 15 nitrogen and oxygen atoms in total. The second kappa shape index (κ2) is 48.2. The zero-order valence-electron chi connectivity index (χ0n) is 74.7. The quantitative estimate of drug-likeness (QED) is 0.0229. The Balaban J connectivity index is 0.000000269. The van der Waals surface area contributed by atoms with Crippen molar-refractivity contribution in [1.82, 2.24) is 55.6 Å². The molecule has 2 aliphatic carbocycles. The number of piperidine rings is 1. The Morgan fingerprint density at radius 1 is 0.433 bits per heavy atom. The van der Waals surface area contributed by atoms with Crippen molar-refractivity contribution < 1.29 is 65.0 Å². The predicted molar refractivity (Wildman–Crippen MR) is 498 cm³/mol. The summed E-state index contributed by atoms with van der Waals surface area (Å²) in [4.78, 5) is 42.0. The Kier molecular flexibility index (Phi) is 37.5. The molecular formula is C101H142F11N13O2. The number of likely N-dealkylation sites (tertiary alicyclic amines) is 1. The number of aryl methyl sites for hydroxylation is 1. The number of urea groups is 2. The molecule has 700 valence electrons. The van der Waals surface area contributed by atoms with Crippen molar-refractivity contribution in [3.8, 4) is 0 Å². The Morgan fingerprint density at radius 3 is 1.39 bits per heavy atom. The van der Waals surface area contributed by atoms with Gasteiger partial charge in [0.2, 0.25) is 0 Å². The number of likely N-dealkylation sites (N-methyl/N-ethyl adjacent to an activating group) is 2. The van der Waals surface area contributed by atoms with E-state index >= 15 is 0 Å². The summed E-state index contributed by atoms with van der Waals surface area (Å²) < 4.78 is 142. The SMILES string of the molecule is CC(C)(C)c1ccc(C(CNCCc2ccc(C(F)(F)F)cc2)N2CCN(C3CCCCC3)CC2)cc1.CN1CCN(C(CNCCc2ccc(C(F)(F)F)cc2)c2ccccc2)CC1.Cc1ccc(NC(=O)NCC(c2ccc(C(F)(F)F)cc2)N2CCN(C)CC2)cc1.O=C(Nc1ccccc1F)N[C@@H]1CCCC[C@H]1CN1CCC[C@@H](Cc2ccc(F)cc2)C1.[HH].[HH].[HH].[HH].[HH]. The molecular weight excluding hydrogens is 1640 g/mol. The van der Waals surface area contributed by atoms with E-state index in [1.165, 1.54) is 104 Å². The van der Waals surface area contributed by atoms with E-state index in [2.05, 4.69) is 143 Å². The van der Waals surface area contributed by atoms with Gasteiger partial charge in [-0.3, -0.25) is 19.6 Å². The molecule has 4 aliphatic heterocycles. The lowest BCUT2D eigenvalue weighted by atomic mass is 9.83. The molecule has 6 atom stereocenters. The third-order valence-electron chi connectivity index (χ3n) is 25.9. The predicted octanol–water partition coefficient (Wildman–Crippen LogP) is 21.6. The molecule has 127 heavy (non-hydrogen) atoms. The molecule has 6 aliphatic rings. The molecule has 8 aromatic carbocycles. The number of amides is 4. The van der Waals surface area contributed by atoms with Crippen LogP contribution in [-0.4, -0.2) is 203 Å². The maximum absolute atomic E-state index is 13.9. The van der Waals surface area contributed by atoms with Gasteiger partial charge >= 0.3 is 30.6 Å². The minimum Gasteiger partial charge on any atom is -0.336 e. The number of nitrogens with zero attached hydrogens (tertiary/aromatic N) is 7. The van der Waals surface area contributed by atoms with Gasteiger partial charge < -0.3 is 46.6 Å². The first-order valence-corrected chi connectivity index (χ1v) is 45.6. The van der Waals surface area contributed by atoms with Crippen LogP contribution < -0.4 is 31.9 Å². The van der Waals surface area contributed by atoms with Gasteiger partial charge in [0.25, 0.3) is 0 Å². The van der Waals surface area contributed by atoms with Crippen molar-refractivity contribution in [1.29, 1.82) is 0 Å². The lowest BCUT2D eigenvalue weighted by Crippen LogP contribution is -2.52. The minimum absolute atomic E-state index is 0. The minimum atomic E-state index is -4.37. The van der Waals surface area contributed by atoms with Gasteiger partial charge in [0, 0.05) is 148 Å². The lowest BCUT2D eigenvalue weighted by molar-refractivity contribution is -0.138. The Bertz CT molecular complexity index is 4560. The zero-order chi connectivity index (χ0) is 90.5. The normalized spacial score (nSPS) is 19.7. The average Bonchev–Trinajstić information content (AvgIpc) is 0.811. The van der Waals surface area contributed by atoms with Gasteiger partial charge in [0.1, 0.15) is 11.6 Å². The highest BCUT2D eigenvalue weighted by Gasteiger charge is 2.36. The summed E-state index contributed by atoms with van der Waals surface area (Å²) in [6.07, 6.45) is 3.03. The third kappa shape index (κ3) is 32.1. The lowest BCUT2D eigenvalue weighted by Gasteiger charge is -2.43. The number of para-hydroxylation sites is 1. The number of halogens is 11. The molecule has 6 fully saturated rings. The Labute approximate surface area is 752 Å². The van der Waals surface area contributed by atoms with Crippen LogP contribution in [-0.2, 0) is 43.2 Å². The highest BCUT2D eigenvalue weighted by atomic mass is 19.4. The fourth-order valence-electron chi connectivity index (χ4n) is 18.2. The van der Waals surface area contributed by atoms with Crippen LogP contribution >= 0.6 is 0 Å². The zero-order valence-corrected chi connectivity index (χ0v) is 74.7. The number of hydrogen-bond acceptors (Lipinski definition) is 11. The first-order valence-electron chi connectivity index (χ1n) is 45.6. The number of carbonyl (C=O) groups is 2. The summed E-state index contributed by atoms with van der Waals surface area (Å²) >= 11 is 0. The van der Waals surface area contributed by atoms with Crippen molar-refractivity contribution in [2.75, 3.05) is 156 Å². The van der Waals surface area contributed by atoms with E-state index in [1.54, 1.807) is 54.6 Å². The largest absolute Gasteiger partial charge is 0.416 e. The first kappa shape index (κ1) is 98.8. The van der Waals surface area contributed by atoms with Crippen molar-refractivity contribution >= 4 is 23.4 Å². The van der Waals surface area contributed by atoms with Gasteiger partial charge in [-0.1, -0.05) is 186 Å². The van der Waals surface area contributed by atoms with E-state index in [9.17, 15) is 57.9 Å². The van der Waals surface area contributed by atoms with Crippen molar-refractivity contribution in [3.63, 3.8) is 0 Å².